The highest BCUT2D eigenvalue weighted by Crippen LogP contribution is 2.21. The van der Waals surface area contributed by atoms with E-state index < -0.39 is 21.7 Å². The number of hydrogen-bond donors (Lipinski definition) is 2. The molecule has 0 spiro atoms. The summed E-state index contributed by atoms with van der Waals surface area (Å²) in [5, 5.41) is 1.07. The van der Waals surface area contributed by atoms with Crippen molar-refractivity contribution in [3.63, 3.8) is 0 Å². The van der Waals surface area contributed by atoms with Crippen LogP contribution in [0.5, 0.6) is 0 Å². The number of amides is 1. The van der Waals surface area contributed by atoms with Gasteiger partial charge in [-0.1, -0.05) is 48.5 Å². The Labute approximate surface area is 138 Å². The van der Waals surface area contributed by atoms with Gasteiger partial charge < -0.3 is 0 Å². The van der Waals surface area contributed by atoms with Crippen LogP contribution in [0.2, 0.25) is 0 Å². The Hall–Kier alpha value is -2.77. The van der Waals surface area contributed by atoms with E-state index in [2.05, 4.69) is 5.43 Å². The van der Waals surface area contributed by atoms with E-state index in [4.69, 9.17) is 0 Å². The summed E-state index contributed by atoms with van der Waals surface area (Å²) in [6.07, 6.45) is 0. The standard InChI is InChI=1S/C17H13FN2O3S/c18-15-11-10-12-6-4-5-9-14(12)16(15)17(21)19-20-24(22,23)13-7-2-1-3-8-13/h1-11,20H,(H,19,21). The van der Waals surface area contributed by atoms with Gasteiger partial charge in [-0.2, -0.15) is 0 Å². The van der Waals surface area contributed by atoms with Gasteiger partial charge >= 0.3 is 0 Å². The number of halogens is 1. The molecule has 0 heterocycles. The molecule has 0 fully saturated rings. The fourth-order valence-electron chi connectivity index (χ4n) is 2.31. The van der Waals surface area contributed by atoms with Crippen LogP contribution in [-0.2, 0) is 10.0 Å². The maximum Gasteiger partial charge on any atom is 0.269 e. The minimum atomic E-state index is -3.93. The van der Waals surface area contributed by atoms with Gasteiger partial charge in [-0.05, 0) is 29.0 Å². The highest BCUT2D eigenvalue weighted by molar-refractivity contribution is 7.89. The smallest absolute Gasteiger partial charge is 0.269 e. The van der Waals surface area contributed by atoms with Crippen molar-refractivity contribution in [2.75, 3.05) is 0 Å². The lowest BCUT2D eigenvalue weighted by Crippen LogP contribution is -2.41. The molecule has 122 valence electrons. The van der Waals surface area contributed by atoms with Gasteiger partial charge in [0.2, 0.25) is 0 Å². The second kappa shape index (κ2) is 6.38. The summed E-state index contributed by atoms with van der Waals surface area (Å²) >= 11 is 0. The van der Waals surface area contributed by atoms with Crippen LogP contribution in [0.1, 0.15) is 10.4 Å². The molecule has 24 heavy (non-hydrogen) atoms. The molecule has 3 aromatic rings. The number of rotatable bonds is 4. The molecular weight excluding hydrogens is 331 g/mol. The Kier molecular flexibility index (Phi) is 4.28. The number of hydrazine groups is 1. The van der Waals surface area contributed by atoms with Gasteiger partial charge in [-0.3, -0.25) is 10.2 Å². The number of benzene rings is 3. The quantitative estimate of drug-likeness (QED) is 0.715. The lowest BCUT2D eigenvalue weighted by molar-refractivity contribution is 0.0943. The van der Waals surface area contributed by atoms with Crippen LogP contribution in [0.25, 0.3) is 10.8 Å². The van der Waals surface area contributed by atoms with Crippen molar-refractivity contribution in [1.29, 1.82) is 0 Å². The first kappa shape index (κ1) is 16.1. The van der Waals surface area contributed by atoms with Crippen LogP contribution in [0.15, 0.2) is 71.6 Å². The Morgan fingerprint density at radius 3 is 2.29 bits per heavy atom. The fourth-order valence-corrected chi connectivity index (χ4v) is 3.17. The first-order valence-electron chi connectivity index (χ1n) is 7.03. The van der Waals surface area contributed by atoms with Gasteiger partial charge in [0.05, 0.1) is 10.5 Å². The molecule has 1 amide bonds. The van der Waals surface area contributed by atoms with Crippen molar-refractivity contribution in [3.05, 3.63) is 78.1 Å². The molecule has 2 N–H and O–H groups in total. The number of carbonyl (C=O) groups excluding carboxylic acids is 1. The molecule has 0 aliphatic rings. The fraction of sp³-hybridized carbons (Fsp3) is 0. The second-order valence-electron chi connectivity index (χ2n) is 5.02. The summed E-state index contributed by atoms with van der Waals surface area (Å²) in [7, 11) is -3.93. The molecule has 0 atom stereocenters. The summed E-state index contributed by atoms with van der Waals surface area (Å²) in [4.78, 5) is 14.2. The van der Waals surface area contributed by atoms with E-state index in [1.54, 1.807) is 48.5 Å². The van der Waals surface area contributed by atoms with Gasteiger partial charge in [-0.25, -0.2) is 12.8 Å². The van der Waals surface area contributed by atoms with Crippen molar-refractivity contribution in [2.45, 2.75) is 4.90 Å². The molecule has 7 heteroatoms. The van der Waals surface area contributed by atoms with Gasteiger partial charge in [0.15, 0.2) is 0 Å². The predicted molar refractivity (Wildman–Crippen MR) is 88.1 cm³/mol. The third kappa shape index (κ3) is 3.12. The minimum absolute atomic E-state index is 0.0105. The zero-order valence-corrected chi connectivity index (χ0v) is 13.2. The van der Waals surface area contributed by atoms with Gasteiger partial charge in [0.25, 0.3) is 15.9 Å². The molecule has 0 radical (unpaired) electrons. The first-order chi connectivity index (χ1) is 11.5. The van der Waals surface area contributed by atoms with Crippen LogP contribution < -0.4 is 10.3 Å². The van der Waals surface area contributed by atoms with Crippen molar-refractivity contribution in [1.82, 2.24) is 10.3 Å². The molecule has 0 bridgehead atoms. The molecule has 0 unspecified atom stereocenters. The molecule has 0 aromatic heterocycles. The van der Waals surface area contributed by atoms with E-state index in [0.29, 0.717) is 10.8 Å². The zero-order valence-electron chi connectivity index (χ0n) is 12.4. The Balaban J connectivity index is 1.88. The molecule has 3 aromatic carbocycles. The van der Waals surface area contributed by atoms with Crippen LogP contribution >= 0.6 is 0 Å². The van der Waals surface area contributed by atoms with Gasteiger partial charge in [-0.15, -0.1) is 4.83 Å². The van der Waals surface area contributed by atoms with Crippen molar-refractivity contribution in [2.24, 2.45) is 0 Å². The summed E-state index contributed by atoms with van der Waals surface area (Å²) in [6, 6.07) is 17.0. The summed E-state index contributed by atoms with van der Waals surface area (Å²) in [5.41, 5.74) is 1.84. The number of hydrogen-bond acceptors (Lipinski definition) is 3. The van der Waals surface area contributed by atoms with E-state index in [0.717, 1.165) is 0 Å². The lowest BCUT2D eigenvalue weighted by atomic mass is 10.0. The Morgan fingerprint density at radius 2 is 1.54 bits per heavy atom. The van der Waals surface area contributed by atoms with Crippen LogP contribution in [-0.4, -0.2) is 14.3 Å². The SMILES string of the molecule is O=C(NNS(=O)(=O)c1ccccc1)c1c(F)ccc2ccccc12. The minimum Gasteiger partial charge on any atom is -0.273 e. The molecule has 0 saturated heterocycles. The average molecular weight is 344 g/mol. The van der Waals surface area contributed by atoms with Crippen LogP contribution in [0.3, 0.4) is 0 Å². The average Bonchev–Trinajstić information content (AvgIpc) is 2.60. The van der Waals surface area contributed by atoms with Gasteiger partial charge in [0, 0.05) is 0 Å². The van der Waals surface area contributed by atoms with E-state index in [1.165, 1.54) is 18.2 Å². The maximum atomic E-state index is 14.1. The molecular formula is C17H13FN2O3S. The first-order valence-corrected chi connectivity index (χ1v) is 8.52. The van der Waals surface area contributed by atoms with Gasteiger partial charge in [0.1, 0.15) is 5.82 Å². The predicted octanol–water partition coefficient (Wildman–Crippen LogP) is 2.60. The van der Waals surface area contributed by atoms with Crippen LogP contribution in [0, 0.1) is 5.82 Å². The number of nitrogens with one attached hydrogen (secondary N) is 2. The Morgan fingerprint density at radius 1 is 0.875 bits per heavy atom. The normalized spacial score (nSPS) is 11.4. The van der Waals surface area contributed by atoms with Crippen molar-refractivity contribution >= 4 is 26.7 Å². The molecule has 3 rings (SSSR count). The third-order valence-corrected chi connectivity index (χ3v) is 4.72. The van der Waals surface area contributed by atoms with Crippen molar-refractivity contribution < 1.29 is 17.6 Å². The lowest BCUT2D eigenvalue weighted by Gasteiger charge is -2.11. The molecule has 0 aliphatic heterocycles. The largest absolute Gasteiger partial charge is 0.273 e. The number of fused-ring (bicyclic) bond motifs is 1. The third-order valence-electron chi connectivity index (χ3n) is 3.46. The topological polar surface area (TPSA) is 75.3 Å². The second-order valence-corrected chi connectivity index (χ2v) is 6.70. The van der Waals surface area contributed by atoms with E-state index >= 15 is 0 Å². The Bertz CT molecular complexity index is 1000. The maximum absolute atomic E-state index is 14.1. The monoisotopic (exact) mass is 344 g/mol. The summed E-state index contributed by atoms with van der Waals surface area (Å²) in [5.74, 6) is -1.60. The number of carbonyl (C=O) groups is 1. The van der Waals surface area contributed by atoms with E-state index in [9.17, 15) is 17.6 Å². The highest BCUT2D eigenvalue weighted by atomic mass is 32.2. The summed E-state index contributed by atoms with van der Waals surface area (Å²) in [6.45, 7) is 0. The highest BCUT2D eigenvalue weighted by Gasteiger charge is 2.19. The molecule has 5 nitrogen and oxygen atoms in total. The molecule has 0 saturated carbocycles. The number of sulfonamides is 1. The zero-order chi connectivity index (χ0) is 17.2. The van der Waals surface area contributed by atoms with E-state index in [1.807, 2.05) is 4.83 Å². The van der Waals surface area contributed by atoms with E-state index in [-0.39, 0.29) is 10.5 Å². The van der Waals surface area contributed by atoms with Crippen LogP contribution in [0.4, 0.5) is 4.39 Å². The molecule has 0 aliphatic carbocycles. The summed E-state index contributed by atoms with van der Waals surface area (Å²) < 4.78 is 38.3. The van der Waals surface area contributed by atoms with Crippen molar-refractivity contribution in [3.8, 4) is 0 Å².